The molecule has 3 unspecified atom stereocenters. The summed E-state index contributed by atoms with van der Waals surface area (Å²) in [6.07, 6.45) is 3.59. The van der Waals surface area contributed by atoms with Crippen molar-refractivity contribution in [2.75, 3.05) is 6.54 Å². The van der Waals surface area contributed by atoms with E-state index in [-0.39, 0.29) is 5.60 Å². The highest BCUT2D eigenvalue weighted by molar-refractivity contribution is 9.10. The Bertz CT molecular complexity index is 462. The summed E-state index contributed by atoms with van der Waals surface area (Å²) in [4.78, 5) is 0. The van der Waals surface area contributed by atoms with E-state index in [1.54, 1.807) is 0 Å². The van der Waals surface area contributed by atoms with Crippen LogP contribution < -0.4 is 5.32 Å². The molecule has 1 saturated heterocycles. The van der Waals surface area contributed by atoms with Gasteiger partial charge in [0.2, 0.25) is 0 Å². The van der Waals surface area contributed by atoms with Crippen LogP contribution in [-0.4, -0.2) is 24.3 Å². The Hall–Kier alpha value is -0.380. The quantitative estimate of drug-likeness (QED) is 0.795. The molecule has 1 N–H and O–H groups in total. The molecule has 0 radical (unpaired) electrons. The van der Waals surface area contributed by atoms with Crippen LogP contribution in [0.3, 0.4) is 0 Å². The molecule has 3 rings (SSSR count). The van der Waals surface area contributed by atoms with Gasteiger partial charge in [0.15, 0.2) is 0 Å². The van der Waals surface area contributed by atoms with Gasteiger partial charge in [0.25, 0.3) is 0 Å². The van der Waals surface area contributed by atoms with Crippen LogP contribution in [0.5, 0.6) is 0 Å². The van der Waals surface area contributed by atoms with E-state index >= 15 is 0 Å². The summed E-state index contributed by atoms with van der Waals surface area (Å²) in [7, 11) is 0. The van der Waals surface area contributed by atoms with E-state index in [4.69, 9.17) is 4.74 Å². The van der Waals surface area contributed by atoms with E-state index in [0.717, 1.165) is 25.8 Å². The molecule has 0 aromatic heterocycles. The maximum Gasteiger partial charge on any atom is 0.0854 e. The molecule has 1 fully saturated rings. The van der Waals surface area contributed by atoms with Gasteiger partial charge in [0.1, 0.15) is 0 Å². The van der Waals surface area contributed by atoms with Crippen molar-refractivity contribution >= 4 is 15.9 Å². The van der Waals surface area contributed by atoms with Crippen LogP contribution in [0.15, 0.2) is 22.7 Å². The molecule has 1 aliphatic heterocycles. The van der Waals surface area contributed by atoms with Gasteiger partial charge in [-0.15, -0.1) is 0 Å². The highest BCUT2D eigenvalue weighted by Gasteiger charge is 2.40. The van der Waals surface area contributed by atoms with Crippen LogP contribution in [0.2, 0.25) is 0 Å². The molecule has 18 heavy (non-hydrogen) atoms. The minimum Gasteiger partial charge on any atom is -0.369 e. The molecule has 2 nitrogen and oxygen atoms in total. The van der Waals surface area contributed by atoms with Gasteiger partial charge in [-0.3, -0.25) is 0 Å². The zero-order chi connectivity index (χ0) is 12.8. The lowest BCUT2D eigenvalue weighted by atomic mass is 9.79. The highest BCUT2D eigenvalue weighted by atomic mass is 79.9. The van der Waals surface area contributed by atoms with E-state index in [9.17, 15) is 0 Å². The number of morpholine rings is 1. The summed E-state index contributed by atoms with van der Waals surface area (Å²) in [6, 6.07) is 7.10. The standard InChI is InChI=1S/C15H20BrNO/c1-10-11(2)18-15(9-17-10)6-5-12-7-14(16)4-3-13(12)8-15/h3-4,7,10-11,17H,5-6,8-9H2,1-2H3. The fourth-order valence-corrected chi connectivity index (χ4v) is 3.51. The van der Waals surface area contributed by atoms with Gasteiger partial charge in [-0.05, 0) is 49.9 Å². The van der Waals surface area contributed by atoms with Gasteiger partial charge in [-0.2, -0.15) is 0 Å². The summed E-state index contributed by atoms with van der Waals surface area (Å²) in [5, 5.41) is 3.60. The maximum atomic E-state index is 6.34. The zero-order valence-corrected chi connectivity index (χ0v) is 12.6. The Morgan fingerprint density at radius 2 is 2.17 bits per heavy atom. The van der Waals surface area contributed by atoms with E-state index in [1.807, 2.05) is 0 Å². The molecule has 1 heterocycles. The first-order valence-electron chi connectivity index (χ1n) is 6.76. The maximum absolute atomic E-state index is 6.34. The Morgan fingerprint density at radius 1 is 1.33 bits per heavy atom. The first-order chi connectivity index (χ1) is 8.58. The second-order valence-corrected chi connectivity index (χ2v) is 6.68. The summed E-state index contributed by atoms with van der Waals surface area (Å²) < 4.78 is 7.52. The number of ether oxygens (including phenoxy) is 1. The number of nitrogens with one attached hydrogen (secondary N) is 1. The number of rotatable bonds is 0. The number of hydrogen-bond donors (Lipinski definition) is 1. The van der Waals surface area contributed by atoms with Crippen LogP contribution in [0.4, 0.5) is 0 Å². The number of halogens is 1. The molecule has 98 valence electrons. The summed E-state index contributed by atoms with van der Waals surface area (Å²) in [5.41, 5.74) is 2.95. The van der Waals surface area contributed by atoms with Crippen molar-refractivity contribution in [1.29, 1.82) is 0 Å². The lowest BCUT2D eigenvalue weighted by Crippen LogP contribution is -2.59. The van der Waals surface area contributed by atoms with Crippen LogP contribution in [0.1, 0.15) is 31.4 Å². The molecule has 1 aliphatic carbocycles. The summed E-state index contributed by atoms with van der Waals surface area (Å²) in [6.45, 7) is 5.36. The van der Waals surface area contributed by atoms with E-state index < -0.39 is 0 Å². The monoisotopic (exact) mass is 309 g/mol. The molecule has 0 bridgehead atoms. The van der Waals surface area contributed by atoms with E-state index in [0.29, 0.717) is 12.1 Å². The molecule has 1 aromatic carbocycles. The van der Waals surface area contributed by atoms with Crippen LogP contribution in [-0.2, 0) is 17.6 Å². The van der Waals surface area contributed by atoms with Crippen molar-refractivity contribution < 1.29 is 4.74 Å². The lowest BCUT2D eigenvalue weighted by molar-refractivity contribution is -0.131. The third-order valence-corrected chi connectivity index (χ3v) is 4.91. The van der Waals surface area contributed by atoms with Crippen LogP contribution in [0, 0.1) is 0 Å². The minimum absolute atomic E-state index is 0.0206. The van der Waals surface area contributed by atoms with Crippen molar-refractivity contribution in [3.8, 4) is 0 Å². The van der Waals surface area contributed by atoms with Crippen molar-refractivity contribution in [3.63, 3.8) is 0 Å². The number of aryl methyl sites for hydroxylation is 1. The van der Waals surface area contributed by atoms with E-state index in [2.05, 4.69) is 53.3 Å². The highest BCUT2D eigenvalue weighted by Crippen LogP contribution is 2.35. The van der Waals surface area contributed by atoms with Crippen molar-refractivity contribution in [1.82, 2.24) is 5.32 Å². The SMILES string of the molecule is CC1NCC2(CCc3cc(Br)ccc3C2)OC1C. The predicted octanol–water partition coefficient (Wildman–Crippen LogP) is 3.07. The lowest BCUT2D eigenvalue weighted by Gasteiger charge is -2.46. The molecule has 0 amide bonds. The third kappa shape index (κ3) is 2.24. The van der Waals surface area contributed by atoms with Crippen molar-refractivity contribution in [2.24, 2.45) is 0 Å². The topological polar surface area (TPSA) is 21.3 Å². The van der Waals surface area contributed by atoms with E-state index in [1.165, 1.54) is 15.6 Å². The van der Waals surface area contributed by atoms with Crippen LogP contribution >= 0.6 is 15.9 Å². The van der Waals surface area contributed by atoms with Crippen LogP contribution in [0.25, 0.3) is 0 Å². The first kappa shape index (κ1) is 12.6. The number of fused-ring (bicyclic) bond motifs is 1. The fraction of sp³-hybridized carbons (Fsp3) is 0.600. The average Bonchev–Trinajstić information content (AvgIpc) is 2.35. The Kier molecular flexibility index (Phi) is 3.25. The summed E-state index contributed by atoms with van der Waals surface area (Å²) >= 11 is 3.55. The Labute approximate surface area is 117 Å². The van der Waals surface area contributed by atoms with Crippen molar-refractivity contribution in [3.05, 3.63) is 33.8 Å². The molecule has 3 atom stereocenters. The zero-order valence-electron chi connectivity index (χ0n) is 11.0. The molecule has 3 heteroatoms. The first-order valence-corrected chi connectivity index (χ1v) is 7.56. The Morgan fingerprint density at radius 3 is 2.94 bits per heavy atom. The molecule has 1 aromatic rings. The molecular weight excluding hydrogens is 290 g/mol. The molecule has 0 saturated carbocycles. The third-order valence-electron chi connectivity index (χ3n) is 4.42. The van der Waals surface area contributed by atoms with Gasteiger partial charge in [-0.1, -0.05) is 22.0 Å². The predicted molar refractivity (Wildman–Crippen MR) is 76.9 cm³/mol. The minimum atomic E-state index is 0.0206. The Balaban J connectivity index is 1.84. The molecule has 2 aliphatic rings. The van der Waals surface area contributed by atoms with Gasteiger partial charge in [-0.25, -0.2) is 0 Å². The fourth-order valence-electron chi connectivity index (χ4n) is 3.10. The molecule has 1 spiro atoms. The largest absolute Gasteiger partial charge is 0.369 e. The van der Waals surface area contributed by atoms with Gasteiger partial charge < -0.3 is 10.1 Å². The normalized spacial score (nSPS) is 35.5. The number of benzene rings is 1. The smallest absolute Gasteiger partial charge is 0.0854 e. The van der Waals surface area contributed by atoms with Gasteiger partial charge in [0, 0.05) is 23.5 Å². The number of hydrogen-bond acceptors (Lipinski definition) is 2. The van der Waals surface area contributed by atoms with Gasteiger partial charge in [0.05, 0.1) is 11.7 Å². The summed E-state index contributed by atoms with van der Waals surface area (Å²) in [5.74, 6) is 0. The average molecular weight is 310 g/mol. The van der Waals surface area contributed by atoms with Crippen molar-refractivity contribution in [2.45, 2.75) is 50.9 Å². The second-order valence-electron chi connectivity index (χ2n) is 5.77. The second kappa shape index (κ2) is 4.62. The molecular formula is C15H20BrNO. The van der Waals surface area contributed by atoms with Gasteiger partial charge >= 0.3 is 0 Å².